The van der Waals surface area contributed by atoms with Crippen molar-refractivity contribution in [3.05, 3.63) is 92.4 Å². The number of para-hydroxylation sites is 2. The van der Waals surface area contributed by atoms with Gasteiger partial charge in [-0.05, 0) is 37.3 Å². The van der Waals surface area contributed by atoms with Gasteiger partial charge in [0.25, 0.3) is 11.5 Å². The van der Waals surface area contributed by atoms with Gasteiger partial charge in [-0.3, -0.25) is 14.7 Å². The van der Waals surface area contributed by atoms with E-state index >= 15 is 0 Å². The van der Waals surface area contributed by atoms with E-state index in [1.165, 1.54) is 4.68 Å². The number of nitrogens with zero attached hydrogens (tertiary/aromatic N) is 2. The summed E-state index contributed by atoms with van der Waals surface area (Å²) in [5.41, 5.74) is 2.10. The Kier molecular flexibility index (Phi) is 3.54. The largest absolute Gasteiger partial charge is 0.295 e. The van der Waals surface area contributed by atoms with Crippen molar-refractivity contribution in [3.63, 3.8) is 0 Å². The van der Waals surface area contributed by atoms with Gasteiger partial charge in [0, 0.05) is 16.5 Å². The lowest BCUT2D eigenvalue weighted by atomic mass is 10.1. The van der Waals surface area contributed by atoms with E-state index in [-0.39, 0.29) is 11.5 Å². The number of nitrogens with one attached hydrogen (secondary N) is 1. The Labute approximate surface area is 143 Å². The van der Waals surface area contributed by atoms with E-state index in [0.29, 0.717) is 22.2 Å². The normalized spacial score (nSPS) is 14.8. The zero-order valence-corrected chi connectivity index (χ0v) is 13.6. The first kappa shape index (κ1) is 15.1. The minimum absolute atomic E-state index is 0.198. The summed E-state index contributed by atoms with van der Waals surface area (Å²) in [6.45, 7) is 1.81. The molecule has 0 saturated carbocycles. The zero-order chi connectivity index (χ0) is 17.4. The van der Waals surface area contributed by atoms with Crippen LogP contribution in [0.3, 0.4) is 0 Å². The van der Waals surface area contributed by atoms with Gasteiger partial charge in [-0.15, -0.1) is 0 Å². The molecular weight excluding hydrogens is 314 g/mol. The quantitative estimate of drug-likeness (QED) is 0.724. The van der Waals surface area contributed by atoms with E-state index in [1.54, 1.807) is 18.2 Å². The van der Waals surface area contributed by atoms with Crippen LogP contribution in [0.2, 0.25) is 0 Å². The number of fused-ring (bicyclic) bond motifs is 1. The number of rotatable bonds is 2. The first-order valence-electron chi connectivity index (χ1n) is 7.92. The summed E-state index contributed by atoms with van der Waals surface area (Å²) >= 11 is 0. The monoisotopic (exact) mass is 329 g/mol. The third kappa shape index (κ3) is 2.65. The molecule has 25 heavy (non-hydrogen) atoms. The number of aromatic amines is 1. The smallest absolute Gasteiger partial charge is 0.278 e. The van der Waals surface area contributed by atoms with E-state index < -0.39 is 0 Å². The van der Waals surface area contributed by atoms with Crippen molar-refractivity contribution in [1.29, 1.82) is 0 Å². The number of benzene rings is 2. The van der Waals surface area contributed by atoms with Crippen LogP contribution in [-0.4, -0.2) is 15.7 Å². The maximum Gasteiger partial charge on any atom is 0.278 e. The van der Waals surface area contributed by atoms with E-state index in [9.17, 15) is 9.59 Å². The maximum absolute atomic E-state index is 12.7. The summed E-state index contributed by atoms with van der Waals surface area (Å²) in [6, 6.07) is 16.7. The van der Waals surface area contributed by atoms with E-state index in [2.05, 4.69) is 10.1 Å². The molecule has 2 aromatic carbocycles. The Morgan fingerprint density at radius 3 is 2.52 bits per heavy atom. The SMILES string of the molecule is Cc1[nH]n(-c2ccccc2)c(=O)c1C=C1C=c2ccccc2=NC1=O. The Morgan fingerprint density at radius 1 is 1.00 bits per heavy atom. The molecule has 0 unspecified atom stereocenters. The fourth-order valence-corrected chi connectivity index (χ4v) is 2.86. The van der Waals surface area contributed by atoms with Crippen LogP contribution in [0.1, 0.15) is 11.3 Å². The minimum atomic E-state index is -0.343. The van der Waals surface area contributed by atoms with Crippen molar-refractivity contribution < 1.29 is 4.79 Å². The van der Waals surface area contributed by atoms with Gasteiger partial charge in [0.1, 0.15) is 0 Å². The van der Waals surface area contributed by atoms with Crippen LogP contribution in [-0.2, 0) is 4.79 Å². The lowest BCUT2D eigenvalue weighted by Crippen LogP contribution is -2.30. The first-order valence-corrected chi connectivity index (χ1v) is 7.92. The molecule has 5 heteroatoms. The fraction of sp³-hybridized carbons (Fsp3) is 0.0500. The molecule has 1 aromatic heterocycles. The second kappa shape index (κ2) is 5.87. The lowest BCUT2D eigenvalue weighted by Gasteiger charge is -2.02. The van der Waals surface area contributed by atoms with Crippen LogP contribution in [0.25, 0.3) is 17.8 Å². The van der Waals surface area contributed by atoms with Gasteiger partial charge < -0.3 is 0 Å². The summed E-state index contributed by atoms with van der Waals surface area (Å²) in [5.74, 6) is -0.343. The third-order valence-electron chi connectivity index (χ3n) is 4.15. The Hall–Kier alpha value is -3.47. The highest BCUT2D eigenvalue weighted by molar-refractivity contribution is 6.07. The first-order chi connectivity index (χ1) is 12.1. The molecule has 0 radical (unpaired) electrons. The molecule has 2 heterocycles. The molecule has 5 nitrogen and oxygen atoms in total. The van der Waals surface area contributed by atoms with Crippen molar-refractivity contribution in [2.24, 2.45) is 4.99 Å². The molecule has 0 bridgehead atoms. The molecule has 4 rings (SSSR count). The molecule has 1 aliphatic heterocycles. The fourth-order valence-electron chi connectivity index (χ4n) is 2.86. The third-order valence-corrected chi connectivity index (χ3v) is 4.15. The average Bonchev–Trinajstić information content (AvgIpc) is 2.91. The predicted octanol–water partition coefficient (Wildman–Crippen LogP) is 1.50. The standard InChI is InChI=1S/C20H15N3O2/c1-13-17(20(25)23(22-13)16-8-3-2-4-9-16)12-15-11-14-7-5-6-10-18(14)21-19(15)24/h2-12,22H,1H3. The molecule has 1 N–H and O–H groups in total. The van der Waals surface area contributed by atoms with Crippen molar-refractivity contribution in [3.8, 4) is 5.69 Å². The molecule has 1 aliphatic rings. The number of amides is 1. The Balaban J connectivity index is 1.86. The van der Waals surface area contributed by atoms with Gasteiger partial charge >= 0.3 is 0 Å². The van der Waals surface area contributed by atoms with Crippen molar-refractivity contribution in [2.75, 3.05) is 0 Å². The van der Waals surface area contributed by atoms with Gasteiger partial charge in [0.2, 0.25) is 0 Å². The van der Waals surface area contributed by atoms with E-state index in [1.807, 2.05) is 55.5 Å². The number of hydrogen-bond donors (Lipinski definition) is 1. The highest BCUT2D eigenvalue weighted by atomic mass is 16.1. The van der Waals surface area contributed by atoms with Crippen LogP contribution < -0.4 is 16.1 Å². The van der Waals surface area contributed by atoms with Gasteiger partial charge in [0.15, 0.2) is 0 Å². The topological polar surface area (TPSA) is 67.2 Å². The highest BCUT2D eigenvalue weighted by Gasteiger charge is 2.15. The molecule has 122 valence electrons. The molecule has 0 fully saturated rings. The highest BCUT2D eigenvalue weighted by Crippen LogP contribution is 2.12. The van der Waals surface area contributed by atoms with Crippen LogP contribution >= 0.6 is 0 Å². The molecule has 0 atom stereocenters. The van der Waals surface area contributed by atoms with Crippen LogP contribution in [0.15, 0.2) is 70.0 Å². The van der Waals surface area contributed by atoms with Gasteiger partial charge in [-0.1, -0.05) is 36.4 Å². The molecular formula is C20H15N3O2. The minimum Gasteiger partial charge on any atom is -0.295 e. The number of aryl methyl sites for hydroxylation is 1. The lowest BCUT2D eigenvalue weighted by molar-refractivity contribution is -0.114. The average molecular weight is 329 g/mol. The summed E-state index contributed by atoms with van der Waals surface area (Å²) in [7, 11) is 0. The molecule has 0 aliphatic carbocycles. The summed E-state index contributed by atoms with van der Waals surface area (Å²) < 4.78 is 1.47. The van der Waals surface area contributed by atoms with E-state index in [4.69, 9.17) is 0 Å². The van der Waals surface area contributed by atoms with Crippen molar-refractivity contribution >= 4 is 18.1 Å². The molecule has 0 spiro atoms. The number of carbonyl (C=O) groups excluding carboxylic acids is 1. The van der Waals surface area contributed by atoms with Gasteiger partial charge in [-0.2, -0.15) is 0 Å². The van der Waals surface area contributed by atoms with Crippen LogP contribution in [0, 0.1) is 6.92 Å². The molecule has 3 aromatic rings. The molecule has 0 saturated heterocycles. The Bertz CT molecular complexity index is 1180. The number of aromatic nitrogens is 2. The maximum atomic E-state index is 12.7. The second-order valence-corrected chi connectivity index (χ2v) is 5.85. The molecule has 1 amide bonds. The van der Waals surface area contributed by atoms with Crippen LogP contribution in [0.4, 0.5) is 0 Å². The summed E-state index contributed by atoms with van der Waals surface area (Å²) in [5, 5.41) is 4.57. The second-order valence-electron chi connectivity index (χ2n) is 5.85. The summed E-state index contributed by atoms with van der Waals surface area (Å²) in [6.07, 6.45) is 3.37. The summed E-state index contributed by atoms with van der Waals surface area (Å²) in [4.78, 5) is 29.1. The van der Waals surface area contributed by atoms with Crippen molar-refractivity contribution in [1.82, 2.24) is 9.78 Å². The number of H-pyrrole nitrogens is 1. The van der Waals surface area contributed by atoms with Crippen LogP contribution in [0.5, 0.6) is 0 Å². The zero-order valence-electron chi connectivity index (χ0n) is 13.6. The predicted molar refractivity (Wildman–Crippen MR) is 95.8 cm³/mol. The Morgan fingerprint density at radius 2 is 1.72 bits per heavy atom. The number of hydrogen-bond acceptors (Lipinski definition) is 2. The van der Waals surface area contributed by atoms with E-state index in [0.717, 1.165) is 10.9 Å². The van der Waals surface area contributed by atoms with Gasteiger partial charge in [-0.25, -0.2) is 9.67 Å². The number of carbonyl (C=O) groups is 1. The van der Waals surface area contributed by atoms with Gasteiger partial charge in [0.05, 0.1) is 16.6 Å². The van der Waals surface area contributed by atoms with Crippen molar-refractivity contribution in [2.45, 2.75) is 6.92 Å².